The van der Waals surface area contributed by atoms with Gasteiger partial charge in [-0.1, -0.05) is 28.9 Å². The molecule has 0 fully saturated rings. The molecule has 0 saturated carbocycles. The Labute approximate surface area is 144 Å². The summed E-state index contributed by atoms with van der Waals surface area (Å²) >= 11 is 0. The molecule has 6 nitrogen and oxygen atoms in total. The molecule has 3 aromatic rings. The van der Waals surface area contributed by atoms with Gasteiger partial charge in [0.15, 0.2) is 0 Å². The molecule has 2 amide bonds. The van der Waals surface area contributed by atoms with Crippen LogP contribution < -0.4 is 10.6 Å². The van der Waals surface area contributed by atoms with Crippen molar-refractivity contribution in [1.29, 1.82) is 0 Å². The Morgan fingerprint density at radius 3 is 2.20 bits per heavy atom. The molecule has 3 rings (SSSR count). The lowest BCUT2D eigenvalue weighted by Gasteiger charge is -2.08. The number of anilines is 2. The molecule has 1 heterocycles. The average molecular weight is 335 g/mol. The summed E-state index contributed by atoms with van der Waals surface area (Å²) in [6.07, 6.45) is 0. The van der Waals surface area contributed by atoms with Gasteiger partial charge in [0.05, 0.1) is 5.69 Å². The Balaban J connectivity index is 1.71. The highest BCUT2D eigenvalue weighted by Crippen LogP contribution is 2.17. The van der Waals surface area contributed by atoms with E-state index in [4.69, 9.17) is 4.52 Å². The number of rotatable bonds is 4. The van der Waals surface area contributed by atoms with E-state index in [-0.39, 0.29) is 11.7 Å². The van der Waals surface area contributed by atoms with Crippen LogP contribution in [-0.2, 0) is 0 Å². The van der Waals surface area contributed by atoms with Gasteiger partial charge in [-0.25, -0.2) is 0 Å². The van der Waals surface area contributed by atoms with Crippen LogP contribution in [0.25, 0.3) is 0 Å². The number of hydrogen-bond donors (Lipinski definition) is 2. The minimum atomic E-state index is -0.400. The molecule has 25 heavy (non-hydrogen) atoms. The Morgan fingerprint density at radius 2 is 1.56 bits per heavy atom. The van der Waals surface area contributed by atoms with Crippen molar-refractivity contribution in [2.45, 2.75) is 13.8 Å². The van der Waals surface area contributed by atoms with Crippen LogP contribution in [-0.4, -0.2) is 17.0 Å². The fraction of sp³-hybridized carbons (Fsp3) is 0.105. The number of carbonyl (C=O) groups excluding carboxylic acids is 2. The van der Waals surface area contributed by atoms with Gasteiger partial charge < -0.3 is 15.2 Å². The highest BCUT2D eigenvalue weighted by molar-refractivity contribution is 6.05. The molecule has 0 atom stereocenters. The first kappa shape index (κ1) is 16.4. The van der Waals surface area contributed by atoms with Crippen LogP contribution in [0.4, 0.5) is 11.4 Å². The normalized spacial score (nSPS) is 10.3. The maximum absolute atomic E-state index is 12.3. The zero-order chi connectivity index (χ0) is 17.8. The molecule has 0 saturated heterocycles. The van der Waals surface area contributed by atoms with Crippen LogP contribution in [0, 0.1) is 13.8 Å². The third-order valence-corrected chi connectivity index (χ3v) is 3.51. The number of amides is 2. The molecule has 1 aromatic heterocycles. The Morgan fingerprint density at radius 1 is 0.880 bits per heavy atom. The van der Waals surface area contributed by atoms with Crippen LogP contribution in [0.3, 0.4) is 0 Å². The third-order valence-electron chi connectivity index (χ3n) is 3.51. The van der Waals surface area contributed by atoms with E-state index in [9.17, 15) is 9.59 Å². The van der Waals surface area contributed by atoms with E-state index < -0.39 is 5.91 Å². The first-order chi connectivity index (χ1) is 12.0. The van der Waals surface area contributed by atoms with Crippen molar-refractivity contribution in [3.63, 3.8) is 0 Å². The summed E-state index contributed by atoms with van der Waals surface area (Å²) in [7, 11) is 0. The number of hydrogen-bond acceptors (Lipinski definition) is 4. The summed E-state index contributed by atoms with van der Waals surface area (Å²) < 4.78 is 4.93. The highest BCUT2D eigenvalue weighted by atomic mass is 16.5. The van der Waals surface area contributed by atoms with E-state index in [1.165, 1.54) is 0 Å². The lowest BCUT2D eigenvalue weighted by atomic mass is 10.1. The van der Waals surface area contributed by atoms with Crippen molar-refractivity contribution < 1.29 is 14.1 Å². The molecule has 0 bridgehead atoms. The summed E-state index contributed by atoms with van der Waals surface area (Å²) in [5, 5.41) is 9.21. The molecule has 2 N–H and O–H groups in total. The number of nitrogens with one attached hydrogen (secondary N) is 2. The quantitative estimate of drug-likeness (QED) is 0.759. The van der Waals surface area contributed by atoms with E-state index in [0.29, 0.717) is 22.6 Å². The summed E-state index contributed by atoms with van der Waals surface area (Å²) in [5.41, 5.74) is 3.34. The first-order valence-electron chi connectivity index (χ1n) is 7.74. The zero-order valence-corrected chi connectivity index (χ0v) is 13.9. The van der Waals surface area contributed by atoms with Gasteiger partial charge in [-0.05, 0) is 44.2 Å². The summed E-state index contributed by atoms with van der Waals surface area (Å²) in [6, 6.07) is 15.8. The largest absolute Gasteiger partial charge is 0.351 e. The van der Waals surface area contributed by atoms with Crippen molar-refractivity contribution in [3.05, 3.63) is 77.2 Å². The molecule has 0 radical (unpaired) electrons. The third kappa shape index (κ3) is 4.11. The molecule has 0 unspecified atom stereocenters. The van der Waals surface area contributed by atoms with Gasteiger partial charge in [-0.2, -0.15) is 0 Å². The fourth-order valence-corrected chi connectivity index (χ4v) is 2.33. The monoisotopic (exact) mass is 335 g/mol. The van der Waals surface area contributed by atoms with E-state index in [0.717, 1.165) is 5.56 Å². The topological polar surface area (TPSA) is 84.2 Å². The molecular weight excluding hydrogens is 318 g/mol. The number of nitrogens with zero attached hydrogens (tertiary/aromatic N) is 1. The molecule has 0 aliphatic heterocycles. The second-order valence-electron chi connectivity index (χ2n) is 5.69. The summed E-state index contributed by atoms with van der Waals surface area (Å²) in [5.74, 6) is -0.479. The molecule has 0 aliphatic rings. The Kier molecular flexibility index (Phi) is 4.61. The van der Waals surface area contributed by atoms with Crippen LogP contribution in [0.5, 0.6) is 0 Å². The predicted molar refractivity (Wildman–Crippen MR) is 94.8 cm³/mol. The molecule has 6 heteroatoms. The maximum atomic E-state index is 12.3. The second kappa shape index (κ2) is 7.00. The Bertz CT molecular complexity index is 931. The number of aromatic nitrogens is 1. The minimum Gasteiger partial charge on any atom is -0.351 e. The van der Waals surface area contributed by atoms with E-state index in [2.05, 4.69) is 15.8 Å². The number of carbonyl (C=O) groups is 2. The van der Waals surface area contributed by atoms with Crippen LogP contribution in [0.2, 0.25) is 0 Å². The number of aryl methyl sites for hydroxylation is 2. The summed E-state index contributed by atoms with van der Waals surface area (Å²) in [4.78, 5) is 24.4. The zero-order valence-electron chi connectivity index (χ0n) is 13.9. The van der Waals surface area contributed by atoms with Gasteiger partial charge in [-0.3, -0.25) is 9.59 Å². The van der Waals surface area contributed by atoms with Crippen molar-refractivity contribution in [2.24, 2.45) is 0 Å². The lowest BCUT2D eigenvalue weighted by Crippen LogP contribution is -2.13. The van der Waals surface area contributed by atoms with Crippen LogP contribution in [0.1, 0.15) is 32.2 Å². The number of benzene rings is 2. The smallest absolute Gasteiger partial charge is 0.294 e. The maximum Gasteiger partial charge on any atom is 0.294 e. The van der Waals surface area contributed by atoms with Crippen LogP contribution >= 0.6 is 0 Å². The second-order valence-corrected chi connectivity index (χ2v) is 5.69. The van der Waals surface area contributed by atoms with Gasteiger partial charge >= 0.3 is 0 Å². The highest BCUT2D eigenvalue weighted by Gasteiger charge is 2.12. The molecule has 0 spiro atoms. The van der Waals surface area contributed by atoms with Crippen molar-refractivity contribution in [1.82, 2.24) is 5.16 Å². The van der Waals surface area contributed by atoms with E-state index in [1.807, 2.05) is 25.1 Å². The molecule has 126 valence electrons. The van der Waals surface area contributed by atoms with Crippen molar-refractivity contribution in [3.8, 4) is 0 Å². The van der Waals surface area contributed by atoms with Crippen LogP contribution in [0.15, 0.2) is 59.1 Å². The first-order valence-corrected chi connectivity index (χ1v) is 7.74. The SMILES string of the molecule is Cc1cccc(C(=O)Nc2cccc(NC(=O)c3cc(C)no3)c2)c1. The molecular formula is C19H17N3O3. The predicted octanol–water partition coefficient (Wildman–Crippen LogP) is 3.80. The molecule has 2 aromatic carbocycles. The molecule has 0 aliphatic carbocycles. The fourth-order valence-electron chi connectivity index (χ4n) is 2.33. The summed E-state index contributed by atoms with van der Waals surface area (Å²) in [6.45, 7) is 3.67. The standard InChI is InChI=1S/C19H17N3O3/c1-12-5-3-6-14(9-12)18(23)20-15-7-4-8-16(11-15)21-19(24)17-10-13(2)22-25-17/h3-11H,1-2H3,(H,20,23)(H,21,24). The van der Waals surface area contributed by atoms with Gasteiger partial charge in [0.2, 0.25) is 5.76 Å². The van der Waals surface area contributed by atoms with Gasteiger partial charge in [-0.15, -0.1) is 0 Å². The van der Waals surface area contributed by atoms with Gasteiger partial charge in [0, 0.05) is 23.0 Å². The van der Waals surface area contributed by atoms with E-state index >= 15 is 0 Å². The van der Waals surface area contributed by atoms with E-state index in [1.54, 1.807) is 43.3 Å². The minimum absolute atomic E-state index is 0.131. The van der Waals surface area contributed by atoms with Gasteiger partial charge in [0.25, 0.3) is 11.8 Å². The average Bonchev–Trinajstić information content (AvgIpc) is 3.02. The lowest BCUT2D eigenvalue weighted by molar-refractivity contribution is 0.0986. The Hall–Kier alpha value is -3.41. The van der Waals surface area contributed by atoms with Crippen molar-refractivity contribution in [2.75, 3.05) is 10.6 Å². The van der Waals surface area contributed by atoms with Crippen molar-refractivity contribution >= 4 is 23.2 Å². The van der Waals surface area contributed by atoms with Gasteiger partial charge in [0.1, 0.15) is 0 Å².